The largest absolute Gasteiger partial charge is 0.370 e. The van der Waals surface area contributed by atoms with Gasteiger partial charge in [0.05, 0.1) is 11.3 Å². The van der Waals surface area contributed by atoms with Gasteiger partial charge in [0.1, 0.15) is 11.9 Å². The van der Waals surface area contributed by atoms with Crippen LogP contribution in [0.1, 0.15) is 24.0 Å². The molecule has 0 bridgehead atoms. The van der Waals surface area contributed by atoms with E-state index in [-0.39, 0.29) is 5.82 Å². The van der Waals surface area contributed by atoms with Gasteiger partial charge in [0.25, 0.3) is 0 Å². The zero-order valence-corrected chi connectivity index (χ0v) is 17.3. The predicted molar refractivity (Wildman–Crippen MR) is 116 cm³/mol. The summed E-state index contributed by atoms with van der Waals surface area (Å²) in [7, 11) is 0. The Morgan fingerprint density at radius 2 is 1.57 bits per heavy atom. The smallest absolute Gasteiger partial charge is 0.123 e. The molecule has 3 aromatic carbocycles. The molecule has 4 heteroatoms. The summed E-state index contributed by atoms with van der Waals surface area (Å²) in [6, 6.07) is 19.3. The molecule has 0 aliphatic carbocycles. The predicted octanol–water partition coefficient (Wildman–Crippen LogP) is 6.70. The van der Waals surface area contributed by atoms with Crippen LogP contribution in [0.4, 0.5) is 10.1 Å². The zero-order valence-electron chi connectivity index (χ0n) is 15.7. The molecule has 2 nitrogen and oxygen atoms in total. The second-order valence-electron chi connectivity index (χ2n) is 7.14. The van der Waals surface area contributed by atoms with Gasteiger partial charge < -0.3 is 4.90 Å². The molecular weight excluding hydrogens is 415 g/mol. The molecule has 1 aliphatic heterocycles. The maximum absolute atomic E-state index is 13.5. The maximum atomic E-state index is 13.5. The first kappa shape index (κ1) is 18.7. The van der Waals surface area contributed by atoms with E-state index >= 15 is 0 Å². The Balaban J connectivity index is 2.01. The molecule has 0 saturated carbocycles. The molecular formula is C24H20BrFN2. The third-order valence-corrected chi connectivity index (χ3v) is 5.93. The van der Waals surface area contributed by atoms with Crippen LogP contribution in [-0.2, 0) is 0 Å². The van der Waals surface area contributed by atoms with E-state index in [1.807, 2.05) is 19.1 Å². The number of hydrogen-bond acceptors (Lipinski definition) is 2. The van der Waals surface area contributed by atoms with Crippen molar-refractivity contribution in [3.63, 3.8) is 0 Å². The topological polar surface area (TPSA) is 27.0 Å². The summed E-state index contributed by atoms with van der Waals surface area (Å²) in [6.07, 6.45) is 2.30. The minimum absolute atomic E-state index is 0.263. The van der Waals surface area contributed by atoms with Gasteiger partial charge in [-0.2, -0.15) is 5.26 Å². The van der Waals surface area contributed by atoms with Gasteiger partial charge in [0.15, 0.2) is 0 Å². The fraction of sp³-hybridized carbons (Fsp3) is 0.208. The minimum atomic E-state index is -0.263. The van der Waals surface area contributed by atoms with Gasteiger partial charge in [-0.25, -0.2) is 4.39 Å². The van der Waals surface area contributed by atoms with Crippen LogP contribution in [-0.4, -0.2) is 13.1 Å². The number of anilines is 1. The van der Waals surface area contributed by atoms with Crippen LogP contribution in [0.25, 0.3) is 22.3 Å². The average Bonchev–Trinajstić information content (AvgIpc) is 3.23. The first-order chi connectivity index (χ1) is 13.6. The highest BCUT2D eigenvalue weighted by molar-refractivity contribution is 9.10. The molecule has 3 aromatic rings. The Labute approximate surface area is 173 Å². The summed E-state index contributed by atoms with van der Waals surface area (Å²) in [5.41, 5.74) is 6.70. The lowest BCUT2D eigenvalue weighted by molar-refractivity contribution is 0.628. The Bertz CT molecular complexity index is 1040. The van der Waals surface area contributed by atoms with Crippen LogP contribution >= 0.6 is 15.9 Å². The first-order valence-corrected chi connectivity index (χ1v) is 10.2. The Morgan fingerprint density at radius 3 is 2.18 bits per heavy atom. The molecule has 0 radical (unpaired) electrons. The summed E-state index contributed by atoms with van der Waals surface area (Å²) in [6.45, 7) is 3.95. The van der Waals surface area contributed by atoms with Crippen LogP contribution < -0.4 is 4.90 Å². The molecule has 4 rings (SSSR count). The third kappa shape index (κ3) is 3.43. The summed E-state index contributed by atoms with van der Waals surface area (Å²) in [5.74, 6) is -0.263. The van der Waals surface area contributed by atoms with Gasteiger partial charge in [-0.1, -0.05) is 40.2 Å². The number of nitrogens with zero attached hydrogens (tertiary/aromatic N) is 2. The van der Waals surface area contributed by atoms with Gasteiger partial charge in [0.2, 0.25) is 0 Å². The van der Waals surface area contributed by atoms with Gasteiger partial charge >= 0.3 is 0 Å². The highest BCUT2D eigenvalue weighted by Crippen LogP contribution is 2.41. The van der Waals surface area contributed by atoms with Crippen molar-refractivity contribution in [1.82, 2.24) is 0 Å². The monoisotopic (exact) mass is 434 g/mol. The van der Waals surface area contributed by atoms with E-state index in [4.69, 9.17) is 0 Å². The Hall–Kier alpha value is -2.64. The number of hydrogen-bond donors (Lipinski definition) is 0. The number of halogens is 2. The maximum Gasteiger partial charge on any atom is 0.123 e. The third-order valence-electron chi connectivity index (χ3n) is 5.40. The number of nitriles is 1. The molecule has 1 aliphatic rings. The van der Waals surface area contributed by atoms with E-state index in [1.165, 1.54) is 12.1 Å². The van der Waals surface area contributed by atoms with Crippen LogP contribution in [0.5, 0.6) is 0 Å². The fourth-order valence-corrected chi connectivity index (χ4v) is 4.26. The van der Waals surface area contributed by atoms with Crippen molar-refractivity contribution in [3.8, 4) is 28.3 Å². The minimum Gasteiger partial charge on any atom is -0.370 e. The second kappa shape index (κ2) is 7.77. The van der Waals surface area contributed by atoms with E-state index in [0.29, 0.717) is 5.56 Å². The van der Waals surface area contributed by atoms with E-state index < -0.39 is 0 Å². The van der Waals surface area contributed by atoms with Crippen molar-refractivity contribution in [2.24, 2.45) is 0 Å². The standard InChI is InChI=1S/C24H20BrFN2/c1-16-22(15-27)23(28-12-2-3-13-28)14-21(17-4-8-19(25)9-5-17)24(16)18-6-10-20(26)11-7-18/h4-11,14H,2-3,12-13H2,1H3. The summed E-state index contributed by atoms with van der Waals surface area (Å²) < 4.78 is 14.5. The van der Waals surface area contributed by atoms with Gasteiger partial charge in [0, 0.05) is 17.6 Å². The summed E-state index contributed by atoms with van der Waals surface area (Å²) in [4.78, 5) is 2.31. The van der Waals surface area contributed by atoms with E-state index in [1.54, 1.807) is 12.1 Å². The number of rotatable bonds is 3. The van der Waals surface area contributed by atoms with E-state index in [9.17, 15) is 9.65 Å². The lowest BCUT2D eigenvalue weighted by Crippen LogP contribution is -2.19. The molecule has 0 amide bonds. The van der Waals surface area contributed by atoms with Crippen LogP contribution in [0.15, 0.2) is 59.1 Å². The van der Waals surface area contributed by atoms with E-state index in [0.717, 1.165) is 63.9 Å². The SMILES string of the molecule is Cc1c(C#N)c(N2CCCC2)cc(-c2ccc(Br)cc2)c1-c1ccc(F)cc1. The molecule has 1 saturated heterocycles. The van der Waals surface area contributed by atoms with Crippen molar-refractivity contribution in [3.05, 3.63) is 76.0 Å². The van der Waals surface area contributed by atoms with Crippen molar-refractivity contribution in [2.45, 2.75) is 19.8 Å². The normalized spacial score (nSPS) is 13.6. The number of benzene rings is 3. The van der Waals surface area contributed by atoms with E-state index in [2.05, 4.69) is 45.1 Å². The Kier molecular flexibility index (Phi) is 5.19. The molecule has 28 heavy (non-hydrogen) atoms. The van der Waals surface area contributed by atoms with Crippen molar-refractivity contribution in [2.75, 3.05) is 18.0 Å². The average molecular weight is 435 g/mol. The lowest BCUT2D eigenvalue weighted by atomic mass is 9.87. The van der Waals surface area contributed by atoms with Crippen molar-refractivity contribution in [1.29, 1.82) is 5.26 Å². The van der Waals surface area contributed by atoms with Crippen LogP contribution in [0, 0.1) is 24.1 Å². The highest BCUT2D eigenvalue weighted by atomic mass is 79.9. The zero-order chi connectivity index (χ0) is 19.7. The molecule has 0 aromatic heterocycles. The van der Waals surface area contributed by atoms with Gasteiger partial charge in [-0.3, -0.25) is 0 Å². The molecule has 140 valence electrons. The van der Waals surface area contributed by atoms with Crippen LogP contribution in [0.2, 0.25) is 0 Å². The van der Waals surface area contributed by atoms with Gasteiger partial charge in [-0.15, -0.1) is 0 Å². The quantitative estimate of drug-likeness (QED) is 0.458. The van der Waals surface area contributed by atoms with Gasteiger partial charge in [-0.05, 0) is 77.9 Å². The highest BCUT2D eigenvalue weighted by Gasteiger charge is 2.22. The fourth-order valence-electron chi connectivity index (χ4n) is 3.99. The molecule has 0 spiro atoms. The first-order valence-electron chi connectivity index (χ1n) is 9.43. The molecule has 0 unspecified atom stereocenters. The summed E-state index contributed by atoms with van der Waals surface area (Å²) in [5, 5.41) is 9.93. The molecule has 1 heterocycles. The van der Waals surface area contributed by atoms with Crippen molar-refractivity contribution < 1.29 is 4.39 Å². The molecule has 1 fully saturated rings. The van der Waals surface area contributed by atoms with Crippen molar-refractivity contribution >= 4 is 21.6 Å². The Morgan fingerprint density at radius 1 is 0.964 bits per heavy atom. The lowest BCUT2D eigenvalue weighted by Gasteiger charge is -2.24. The molecule has 0 N–H and O–H groups in total. The van der Waals surface area contributed by atoms with Crippen LogP contribution in [0.3, 0.4) is 0 Å². The summed E-state index contributed by atoms with van der Waals surface area (Å²) >= 11 is 3.50. The second-order valence-corrected chi connectivity index (χ2v) is 8.05. The molecule has 0 atom stereocenters.